The lowest BCUT2D eigenvalue weighted by atomic mass is 9.93. The van der Waals surface area contributed by atoms with Crippen molar-refractivity contribution in [2.24, 2.45) is 0 Å². The number of anilines is 1. The van der Waals surface area contributed by atoms with Gasteiger partial charge < -0.3 is 10.1 Å². The molecule has 2 aromatic carbocycles. The van der Waals surface area contributed by atoms with E-state index in [4.69, 9.17) is 10.00 Å². The number of allylic oxidation sites excluding steroid dienone is 1. The summed E-state index contributed by atoms with van der Waals surface area (Å²) in [5.74, 6) is -0.662. The zero-order valence-corrected chi connectivity index (χ0v) is 15.6. The van der Waals surface area contributed by atoms with Gasteiger partial charge in [-0.25, -0.2) is 9.59 Å². The van der Waals surface area contributed by atoms with Gasteiger partial charge in [-0.15, -0.1) is 0 Å². The number of nitrogens with zero attached hydrogens (tertiary/aromatic N) is 3. The summed E-state index contributed by atoms with van der Waals surface area (Å²) in [7, 11) is 1.22. The molecule has 0 aromatic heterocycles. The number of urea groups is 1. The van der Waals surface area contributed by atoms with Crippen LogP contribution in [0, 0.1) is 21.4 Å². The zero-order chi connectivity index (χ0) is 21.1. The van der Waals surface area contributed by atoms with Gasteiger partial charge in [0.1, 0.15) is 0 Å². The molecule has 1 atom stereocenters. The summed E-state index contributed by atoms with van der Waals surface area (Å²) in [5.41, 5.74) is 1.39. The average Bonchev–Trinajstić information content (AvgIpc) is 2.73. The van der Waals surface area contributed by atoms with E-state index in [-0.39, 0.29) is 22.6 Å². The molecule has 9 heteroatoms. The van der Waals surface area contributed by atoms with Crippen molar-refractivity contribution < 1.29 is 19.2 Å². The van der Waals surface area contributed by atoms with Gasteiger partial charge in [0, 0.05) is 17.8 Å². The highest BCUT2D eigenvalue weighted by atomic mass is 16.6. The van der Waals surface area contributed by atoms with Gasteiger partial charge in [0.15, 0.2) is 0 Å². The van der Waals surface area contributed by atoms with Gasteiger partial charge >= 0.3 is 12.0 Å². The molecule has 146 valence electrons. The van der Waals surface area contributed by atoms with E-state index < -0.39 is 23.0 Å². The highest BCUT2D eigenvalue weighted by molar-refractivity contribution is 6.03. The number of non-ortho nitro benzene ring substituents is 1. The topological polar surface area (TPSA) is 126 Å². The second kappa shape index (κ2) is 7.82. The second-order valence-corrected chi connectivity index (χ2v) is 6.22. The SMILES string of the molecule is COC(=O)C1=C(C)N(c2cccc([N+](=O)[O-])c2)C(=O)N[C@H]1c1cccc(C#N)c1. The molecule has 0 saturated heterocycles. The number of hydrogen-bond acceptors (Lipinski definition) is 6. The fraction of sp³-hybridized carbons (Fsp3) is 0.150. The molecule has 0 aliphatic carbocycles. The first-order chi connectivity index (χ1) is 13.9. The molecule has 9 nitrogen and oxygen atoms in total. The third kappa shape index (κ3) is 3.64. The first kappa shape index (κ1) is 19.6. The third-order valence-electron chi connectivity index (χ3n) is 4.54. The van der Waals surface area contributed by atoms with Crippen LogP contribution in [0.25, 0.3) is 0 Å². The van der Waals surface area contributed by atoms with E-state index in [2.05, 4.69) is 5.32 Å². The molecule has 1 heterocycles. The molecule has 0 unspecified atom stereocenters. The molecule has 0 saturated carbocycles. The van der Waals surface area contributed by atoms with Gasteiger partial charge in [-0.05, 0) is 30.7 Å². The summed E-state index contributed by atoms with van der Waals surface area (Å²) < 4.78 is 4.90. The van der Waals surface area contributed by atoms with Crippen molar-refractivity contribution in [3.8, 4) is 6.07 Å². The van der Waals surface area contributed by atoms with Crippen LogP contribution in [0.4, 0.5) is 16.2 Å². The van der Waals surface area contributed by atoms with E-state index in [1.807, 2.05) is 6.07 Å². The predicted molar refractivity (Wildman–Crippen MR) is 103 cm³/mol. The lowest BCUT2D eigenvalue weighted by Gasteiger charge is -2.35. The first-order valence-corrected chi connectivity index (χ1v) is 8.51. The van der Waals surface area contributed by atoms with Crippen LogP contribution < -0.4 is 10.2 Å². The third-order valence-corrected chi connectivity index (χ3v) is 4.54. The number of carbonyl (C=O) groups excluding carboxylic acids is 2. The molecular weight excluding hydrogens is 376 g/mol. The quantitative estimate of drug-likeness (QED) is 0.484. The molecule has 0 spiro atoms. The van der Waals surface area contributed by atoms with Gasteiger partial charge in [-0.3, -0.25) is 15.0 Å². The molecule has 29 heavy (non-hydrogen) atoms. The molecule has 0 bridgehead atoms. The number of ether oxygens (including phenoxy) is 1. The predicted octanol–water partition coefficient (Wildman–Crippen LogP) is 3.18. The number of nitro groups is 1. The van der Waals surface area contributed by atoms with Crippen molar-refractivity contribution in [1.82, 2.24) is 5.32 Å². The number of amides is 2. The molecule has 2 amide bonds. The maximum Gasteiger partial charge on any atom is 0.337 e. The summed E-state index contributed by atoms with van der Waals surface area (Å²) in [6.45, 7) is 1.56. The maximum absolute atomic E-state index is 12.9. The Bertz CT molecular complexity index is 1090. The van der Waals surface area contributed by atoms with Gasteiger partial charge in [-0.2, -0.15) is 5.26 Å². The van der Waals surface area contributed by atoms with Crippen LogP contribution in [-0.2, 0) is 9.53 Å². The number of nitro benzene ring substituents is 1. The number of nitrogens with one attached hydrogen (secondary N) is 1. The summed E-state index contributed by atoms with van der Waals surface area (Å²) in [4.78, 5) is 37.1. The Kier molecular flexibility index (Phi) is 5.27. The van der Waals surface area contributed by atoms with Crippen molar-refractivity contribution in [2.45, 2.75) is 13.0 Å². The summed E-state index contributed by atoms with van der Waals surface area (Å²) in [5, 5.41) is 23.0. The molecule has 2 aromatic rings. The van der Waals surface area contributed by atoms with Crippen molar-refractivity contribution in [3.63, 3.8) is 0 Å². The second-order valence-electron chi connectivity index (χ2n) is 6.22. The maximum atomic E-state index is 12.9. The van der Waals surface area contributed by atoms with E-state index in [1.165, 1.54) is 36.3 Å². The zero-order valence-electron chi connectivity index (χ0n) is 15.6. The molecule has 3 rings (SSSR count). The summed E-state index contributed by atoms with van der Waals surface area (Å²) in [6.07, 6.45) is 0. The lowest BCUT2D eigenvalue weighted by molar-refractivity contribution is -0.384. The van der Waals surface area contributed by atoms with Gasteiger partial charge in [0.25, 0.3) is 5.69 Å². The smallest absolute Gasteiger partial charge is 0.337 e. The van der Waals surface area contributed by atoms with Gasteiger partial charge in [-0.1, -0.05) is 18.2 Å². The number of methoxy groups -OCH3 is 1. The van der Waals surface area contributed by atoms with E-state index in [1.54, 1.807) is 31.2 Å². The number of nitriles is 1. The minimum atomic E-state index is -0.835. The Morgan fingerprint density at radius 1 is 1.28 bits per heavy atom. The van der Waals surface area contributed by atoms with E-state index in [0.717, 1.165) is 0 Å². The number of esters is 1. The normalized spacial score (nSPS) is 16.1. The van der Waals surface area contributed by atoms with Gasteiger partial charge in [0.05, 0.1) is 41.0 Å². The molecule has 1 aliphatic heterocycles. The fourth-order valence-corrected chi connectivity index (χ4v) is 3.21. The standard InChI is InChI=1S/C20H16N4O5/c1-12-17(19(25)29-2)18(14-6-3-5-13(9-14)11-21)22-20(26)23(12)15-7-4-8-16(10-15)24(27)28/h3-10,18H,1-2H3,(H,22,26)/t18-/m0/s1. The Hall–Kier alpha value is -4.19. The van der Waals surface area contributed by atoms with Crippen molar-refractivity contribution >= 4 is 23.4 Å². The fourth-order valence-electron chi connectivity index (χ4n) is 3.21. The van der Waals surface area contributed by atoms with Crippen molar-refractivity contribution in [1.29, 1.82) is 5.26 Å². The minimum Gasteiger partial charge on any atom is -0.466 e. The van der Waals surface area contributed by atoms with E-state index in [9.17, 15) is 19.7 Å². The number of carbonyl (C=O) groups is 2. The molecular formula is C20H16N4O5. The summed E-state index contributed by atoms with van der Waals surface area (Å²) in [6, 6.07) is 12.7. The van der Waals surface area contributed by atoms with Crippen LogP contribution in [-0.4, -0.2) is 24.0 Å². The molecule has 1 aliphatic rings. The van der Waals surface area contributed by atoms with Crippen LogP contribution in [0.5, 0.6) is 0 Å². The van der Waals surface area contributed by atoms with Crippen LogP contribution >= 0.6 is 0 Å². The molecule has 0 fully saturated rings. The van der Waals surface area contributed by atoms with Gasteiger partial charge in [0.2, 0.25) is 0 Å². The average molecular weight is 392 g/mol. The van der Waals surface area contributed by atoms with Crippen molar-refractivity contribution in [3.05, 3.63) is 81.0 Å². The van der Waals surface area contributed by atoms with Crippen LogP contribution in [0.2, 0.25) is 0 Å². The Labute approximate surface area is 166 Å². The van der Waals surface area contributed by atoms with E-state index >= 15 is 0 Å². The highest BCUT2D eigenvalue weighted by Gasteiger charge is 2.37. The minimum absolute atomic E-state index is 0.161. The molecule has 0 radical (unpaired) electrons. The monoisotopic (exact) mass is 392 g/mol. The summed E-state index contributed by atoms with van der Waals surface area (Å²) >= 11 is 0. The number of rotatable bonds is 4. The first-order valence-electron chi connectivity index (χ1n) is 8.51. The largest absolute Gasteiger partial charge is 0.466 e. The van der Waals surface area contributed by atoms with Crippen LogP contribution in [0.1, 0.15) is 24.1 Å². The number of benzene rings is 2. The Morgan fingerprint density at radius 3 is 2.66 bits per heavy atom. The molecule has 1 N–H and O–H groups in total. The van der Waals surface area contributed by atoms with Crippen LogP contribution in [0.3, 0.4) is 0 Å². The van der Waals surface area contributed by atoms with Crippen LogP contribution in [0.15, 0.2) is 59.8 Å². The lowest BCUT2D eigenvalue weighted by Crippen LogP contribution is -2.48. The Morgan fingerprint density at radius 2 is 2.00 bits per heavy atom. The van der Waals surface area contributed by atoms with Crippen molar-refractivity contribution in [2.75, 3.05) is 12.0 Å². The van der Waals surface area contributed by atoms with E-state index in [0.29, 0.717) is 11.1 Å². The number of hydrogen-bond donors (Lipinski definition) is 1. The Balaban J connectivity index is 2.16. The highest BCUT2D eigenvalue weighted by Crippen LogP contribution is 2.35.